The lowest BCUT2D eigenvalue weighted by Gasteiger charge is -2.12. The Kier molecular flexibility index (Phi) is 5.28. The summed E-state index contributed by atoms with van der Waals surface area (Å²) in [6.45, 7) is 2.60. The first-order valence-corrected chi connectivity index (χ1v) is 5.84. The molecule has 0 spiro atoms. The molecule has 1 aromatic rings. The Labute approximate surface area is 106 Å². The molecule has 0 unspecified atom stereocenters. The molecule has 1 aromatic carbocycles. The van der Waals surface area contributed by atoms with Crippen LogP contribution in [0.4, 0.5) is 8.78 Å². The van der Waals surface area contributed by atoms with Crippen molar-refractivity contribution in [2.75, 3.05) is 6.61 Å². The van der Waals surface area contributed by atoms with Crippen LogP contribution in [-0.2, 0) is 0 Å². The summed E-state index contributed by atoms with van der Waals surface area (Å²) in [6.07, 6.45) is 2.62. The van der Waals surface area contributed by atoms with Crippen molar-refractivity contribution in [3.8, 4) is 5.75 Å². The molecule has 18 heavy (non-hydrogen) atoms. The summed E-state index contributed by atoms with van der Waals surface area (Å²) in [4.78, 5) is 0. The third kappa shape index (κ3) is 3.81. The normalized spacial score (nSPS) is 12.1. The van der Waals surface area contributed by atoms with Gasteiger partial charge in [-0.15, -0.1) is 0 Å². The molecule has 0 heterocycles. The lowest BCUT2D eigenvalue weighted by atomic mass is 10.0. The lowest BCUT2D eigenvalue weighted by Crippen LogP contribution is -2.05. The number of aliphatic hydroxyl groups is 1. The Bertz CT molecular complexity index is 410. The molecule has 1 N–H and O–H groups in total. The van der Waals surface area contributed by atoms with Crippen molar-refractivity contribution in [3.05, 3.63) is 34.4 Å². The molecular weight excluding hydrogens is 238 g/mol. The van der Waals surface area contributed by atoms with Gasteiger partial charge in [-0.25, -0.2) is 0 Å². The maximum Gasteiger partial charge on any atom is 0.387 e. The van der Waals surface area contributed by atoms with Gasteiger partial charge in [0.2, 0.25) is 0 Å². The number of benzene rings is 1. The van der Waals surface area contributed by atoms with Gasteiger partial charge >= 0.3 is 6.61 Å². The summed E-state index contributed by atoms with van der Waals surface area (Å²) in [5.74, 6) is 0.226. The minimum atomic E-state index is -2.81. The second-order valence-electron chi connectivity index (χ2n) is 4.18. The minimum absolute atomic E-state index is 0.00385. The predicted octanol–water partition coefficient (Wildman–Crippen LogP) is 3.69. The Hall–Kier alpha value is -1.42. The topological polar surface area (TPSA) is 29.5 Å². The molecule has 0 aliphatic rings. The summed E-state index contributed by atoms with van der Waals surface area (Å²) >= 11 is 0. The molecule has 0 saturated carbocycles. The molecule has 0 amide bonds. The second kappa shape index (κ2) is 6.50. The van der Waals surface area contributed by atoms with Crippen LogP contribution in [0.3, 0.4) is 0 Å². The van der Waals surface area contributed by atoms with Gasteiger partial charge < -0.3 is 9.84 Å². The summed E-state index contributed by atoms with van der Waals surface area (Å²) in [5, 5.41) is 9.11. The fourth-order valence-electron chi connectivity index (χ4n) is 1.84. The number of rotatable bonds is 5. The van der Waals surface area contributed by atoms with E-state index >= 15 is 0 Å². The Morgan fingerprint density at radius 1 is 1.33 bits per heavy atom. The van der Waals surface area contributed by atoms with E-state index < -0.39 is 6.61 Å². The first-order valence-electron chi connectivity index (χ1n) is 5.84. The molecular formula is C14H18F2O2. The summed E-state index contributed by atoms with van der Waals surface area (Å²) in [5.41, 5.74) is 3.11. The predicted molar refractivity (Wildman–Crippen MR) is 67.9 cm³/mol. The standard InChI is InChI=1S/C14H18F2O2/c1-4-11(8-17)7-12-5-9(2)13(10(3)6-12)18-14(15)16/h5-7,14,17H,4,8H2,1-3H3. The number of hydrogen-bond donors (Lipinski definition) is 1. The average molecular weight is 256 g/mol. The first-order chi connectivity index (χ1) is 8.47. The monoisotopic (exact) mass is 256 g/mol. The van der Waals surface area contributed by atoms with E-state index in [9.17, 15) is 8.78 Å². The average Bonchev–Trinajstić information content (AvgIpc) is 2.30. The van der Waals surface area contributed by atoms with Crippen LogP contribution in [0.25, 0.3) is 6.08 Å². The molecule has 100 valence electrons. The maximum atomic E-state index is 12.2. The van der Waals surface area contributed by atoms with E-state index in [0.29, 0.717) is 11.1 Å². The van der Waals surface area contributed by atoms with E-state index in [0.717, 1.165) is 17.6 Å². The lowest BCUT2D eigenvalue weighted by molar-refractivity contribution is -0.0507. The molecule has 0 aliphatic heterocycles. The number of halogens is 2. The van der Waals surface area contributed by atoms with Crippen LogP contribution in [-0.4, -0.2) is 18.3 Å². The van der Waals surface area contributed by atoms with Gasteiger partial charge in [0.15, 0.2) is 0 Å². The fourth-order valence-corrected chi connectivity index (χ4v) is 1.84. The molecule has 0 fully saturated rings. The van der Waals surface area contributed by atoms with E-state index in [2.05, 4.69) is 4.74 Å². The summed E-state index contributed by atoms with van der Waals surface area (Å²) in [7, 11) is 0. The van der Waals surface area contributed by atoms with Gasteiger partial charge in [-0.2, -0.15) is 8.78 Å². The largest absolute Gasteiger partial charge is 0.434 e. The zero-order valence-corrected chi connectivity index (χ0v) is 10.8. The summed E-state index contributed by atoms with van der Waals surface area (Å²) in [6, 6.07) is 3.55. The van der Waals surface area contributed by atoms with Crippen molar-refractivity contribution in [3.63, 3.8) is 0 Å². The van der Waals surface area contributed by atoms with Crippen LogP contribution >= 0.6 is 0 Å². The van der Waals surface area contributed by atoms with Gasteiger partial charge in [-0.05, 0) is 54.7 Å². The molecule has 1 rings (SSSR count). The zero-order valence-electron chi connectivity index (χ0n) is 10.8. The minimum Gasteiger partial charge on any atom is -0.434 e. The molecule has 0 radical (unpaired) electrons. The van der Waals surface area contributed by atoms with Gasteiger partial charge in [0.25, 0.3) is 0 Å². The molecule has 4 heteroatoms. The molecule has 0 saturated heterocycles. The van der Waals surface area contributed by atoms with Crippen molar-refractivity contribution in [2.24, 2.45) is 0 Å². The van der Waals surface area contributed by atoms with Crippen LogP contribution < -0.4 is 4.74 Å². The van der Waals surface area contributed by atoms with Crippen molar-refractivity contribution in [1.29, 1.82) is 0 Å². The van der Waals surface area contributed by atoms with Crippen LogP contribution in [0.2, 0.25) is 0 Å². The highest BCUT2D eigenvalue weighted by Gasteiger charge is 2.11. The molecule has 0 aliphatic carbocycles. The van der Waals surface area contributed by atoms with E-state index in [1.165, 1.54) is 0 Å². The molecule has 0 bridgehead atoms. The third-order valence-electron chi connectivity index (χ3n) is 2.72. The van der Waals surface area contributed by atoms with Crippen LogP contribution in [0.5, 0.6) is 5.75 Å². The van der Waals surface area contributed by atoms with Crippen molar-refractivity contribution in [2.45, 2.75) is 33.8 Å². The molecule has 2 nitrogen and oxygen atoms in total. The highest BCUT2D eigenvalue weighted by Crippen LogP contribution is 2.27. The van der Waals surface area contributed by atoms with Gasteiger partial charge in [-0.1, -0.05) is 13.0 Å². The first kappa shape index (κ1) is 14.6. The zero-order chi connectivity index (χ0) is 13.7. The third-order valence-corrected chi connectivity index (χ3v) is 2.72. The van der Waals surface area contributed by atoms with Crippen molar-refractivity contribution >= 4 is 6.08 Å². The smallest absolute Gasteiger partial charge is 0.387 e. The Balaban J connectivity index is 3.10. The number of ether oxygens (including phenoxy) is 1. The highest BCUT2D eigenvalue weighted by molar-refractivity contribution is 5.58. The van der Waals surface area contributed by atoms with E-state index in [1.54, 1.807) is 26.0 Å². The Morgan fingerprint density at radius 3 is 2.28 bits per heavy atom. The number of aliphatic hydroxyl groups excluding tert-OH is 1. The van der Waals surface area contributed by atoms with Crippen molar-refractivity contribution in [1.82, 2.24) is 0 Å². The van der Waals surface area contributed by atoms with Gasteiger partial charge in [0.05, 0.1) is 6.61 Å². The van der Waals surface area contributed by atoms with Crippen LogP contribution in [0, 0.1) is 13.8 Å². The molecule has 0 aromatic heterocycles. The van der Waals surface area contributed by atoms with Crippen LogP contribution in [0.15, 0.2) is 17.7 Å². The summed E-state index contributed by atoms with van der Waals surface area (Å²) < 4.78 is 29.0. The Morgan fingerprint density at radius 2 is 1.89 bits per heavy atom. The molecule has 0 atom stereocenters. The highest BCUT2D eigenvalue weighted by atomic mass is 19.3. The van der Waals surface area contributed by atoms with Gasteiger partial charge in [-0.3, -0.25) is 0 Å². The van der Waals surface area contributed by atoms with E-state index in [-0.39, 0.29) is 12.4 Å². The quantitative estimate of drug-likeness (QED) is 0.870. The maximum absolute atomic E-state index is 12.2. The van der Waals surface area contributed by atoms with Gasteiger partial charge in [0.1, 0.15) is 5.75 Å². The fraction of sp³-hybridized carbons (Fsp3) is 0.429. The van der Waals surface area contributed by atoms with E-state index in [4.69, 9.17) is 5.11 Å². The number of aryl methyl sites for hydroxylation is 2. The second-order valence-corrected chi connectivity index (χ2v) is 4.18. The number of alkyl halides is 2. The van der Waals surface area contributed by atoms with Crippen molar-refractivity contribution < 1.29 is 18.6 Å². The SMILES string of the molecule is CCC(=Cc1cc(C)c(OC(F)F)c(C)c1)CO. The van der Waals surface area contributed by atoms with E-state index in [1.807, 2.05) is 13.0 Å². The van der Waals surface area contributed by atoms with Gasteiger partial charge in [0, 0.05) is 0 Å². The number of hydrogen-bond acceptors (Lipinski definition) is 2. The van der Waals surface area contributed by atoms with Crippen LogP contribution in [0.1, 0.15) is 30.0 Å².